The van der Waals surface area contributed by atoms with Crippen molar-refractivity contribution in [2.45, 2.75) is 50.0 Å². The summed E-state index contributed by atoms with van der Waals surface area (Å²) in [6.45, 7) is 8.74. The van der Waals surface area contributed by atoms with Crippen LogP contribution in [-0.4, -0.2) is 26.7 Å². The van der Waals surface area contributed by atoms with E-state index in [-0.39, 0.29) is 5.41 Å². The van der Waals surface area contributed by atoms with Gasteiger partial charge in [-0.05, 0) is 6.42 Å². The van der Waals surface area contributed by atoms with Crippen LogP contribution in [0.4, 0.5) is 5.82 Å². The topological polar surface area (TPSA) is 51.8 Å². The molecule has 0 amide bonds. The summed E-state index contributed by atoms with van der Waals surface area (Å²) >= 11 is 4.02. The lowest BCUT2D eigenvalue weighted by Crippen LogP contribution is -2.23. The standard InChI is InChI=1S/C14H23N3S2/c1-5-9-12(19-7-6-18-9)13-16-10(14(2,3)4)8-11(15)17-13/h8-9,12H,5-7H2,1-4H3,(H2,15,16,17). The molecule has 1 aromatic heterocycles. The van der Waals surface area contributed by atoms with Crippen molar-refractivity contribution < 1.29 is 0 Å². The maximum absolute atomic E-state index is 5.98. The highest BCUT2D eigenvalue weighted by Gasteiger charge is 2.30. The third-order valence-electron chi connectivity index (χ3n) is 3.24. The van der Waals surface area contributed by atoms with Gasteiger partial charge in [0.1, 0.15) is 11.6 Å². The molecule has 1 aliphatic rings. The minimum Gasteiger partial charge on any atom is -0.384 e. The molecular weight excluding hydrogens is 274 g/mol. The van der Waals surface area contributed by atoms with Crippen molar-refractivity contribution in [3.63, 3.8) is 0 Å². The molecule has 2 rings (SSSR count). The van der Waals surface area contributed by atoms with Crippen LogP contribution in [0.5, 0.6) is 0 Å². The maximum atomic E-state index is 5.98. The average Bonchev–Trinajstić information content (AvgIpc) is 2.37. The van der Waals surface area contributed by atoms with Crippen LogP contribution in [0.2, 0.25) is 0 Å². The first kappa shape index (κ1) is 15.0. The van der Waals surface area contributed by atoms with E-state index in [2.05, 4.69) is 32.7 Å². The lowest BCUT2D eigenvalue weighted by Gasteiger charge is -2.29. The average molecular weight is 297 g/mol. The molecule has 3 nitrogen and oxygen atoms in total. The lowest BCUT2D eigenvalue weighted by molar-refractivity contribution is 0.560. The number of rotatable bonds is 2. The van der Waals surface area contributed by atoms with Gasteiger partial charge in [-0.25, -0.2) is 9.97 Å². The highest BCUT2D eigenvalue weighted by molar-refractivity contribution is 8.06. The second-order valence-corrected chi connectivity index (χ2v) is 8.49. The summed E-state index contributed by atoms with van der Waals surface area (Å²) in [5.74, 6) is 3.93. The van der Waals surface area contributed by atoms with E-state index in [0.717, 1.165) is 17.9 Å². The van der Waals surface area contributed by atoms with Crippen molar-refractivity contribution in [1.82, 2.24) is 9.97 Å². The molecule has 0 saturated carbocycles. The van der Waals surface area contributed by atoms with Crippen molar-refractivity contribution in [3.05, 3.63) is 17.6 Å². The highest BCUT2D eigenvalue weighted by Crippen LogP contribution is 2.43. The van der Waals surface area contributed by atoms with E-state index in [1.807, 2.05) is 29.6 Å². The molecule has 2 atom stereocenters. The van der Waals surface area contributed by atoms with Gasteiger partial charge >= 0.3 is 0 Å². The largest absolute Gasteiger partial charge is 0.384 e. The van der Waals surface area contributed by atoms with Crippen molar-refractivity contribution in [2.24, 2.45) is 0 Å². The fourth-order valence-electron chi connectivity index (χ4n) is 2.14. The van der Waals surface area contributed by atoms with Crippen molar-refractivity contribution >= 4 is 29.3 Å². The number of hydrogen-bond acceptors (Lipinski definition) is 5. The summed E-state index contributed by atoms with van der Waals surface area (Å²) in [6.07, 6.45) is 1.16. The second kappa shape index (κ2) is 5.92. The first-order valence-corrected chi connectivity index (χ1v) is 8.89. The molecule has 2 unspecified atom stereocenters. The summed E-state index contributed by atoms with van der Waals surface area (Å²) < 4.78 is 0. The van der Waals surface area contributed by atoms with Gasteiger partial charge in [-0.15, -0.1) is 11.8 Å². The molecule has 0 aliphatic carbocycles. The number of nitrogens with two attached hydrogens (primary N) is 1. The van der Waals surface area contributed by atoms with Crippen molar-refractivity contribution in [1.29, 1.82) is 0 Å². The number of hydrogen-bond donors (Lipinski definition) is 1. The summed E-state index contributed by atoms with van der Waals surface area (Å²) in [5, 5.41) is 0.988. The van der Waals surface area contributed by atoms with Gasteiger partial charge in [0, 0.05) is 28.2 Å². The Morgan fingerprint density at radius 3 is 2.58 bits per heavy atom. The summed E-state index contributed by atoms with van der Waals surface area (Å²) in [4.78, 5) is 9.30. The van der Waals surface area contributed by atoms with Gasteiger partial charge < -0.3 is 5.73 Å². The zero-order valence-electron chi connectivity index (χ0n) is 12.1. The number of aromatic nitrogens is 2. The van der Waals surface area contributed by atoms with E-state index < -0.39 is 0 Å². The van der Waals surface area contributed by atoms with Crippen molar-refractivity contribution in [3.8, 4) is 0 Å². The Balaban J connectivity index is 2.35. The van der Waals surface area contributed by atoms with Gasteiger partial charge in [-0.3, -0.25) is 0 Å². The fraction of sp³-hybridized carbons (Fsp3) is 0.714. The van der Waals surface area contributed by atoms with Crippen LogP contribution in [-0.2, 0) is 5.41 Å². The molecule has 0 bridgehead atoms. The number of nitrogen functional groups attached to an aromatic ring is 1. The summed E-state index contributed by atoms with van der Waals surface area (Å²) in [7, 11) is 0. The van der Waals surface area contributed by atoms with Gasteiger partial charge in [0.05, 0.1) is 10.9 Å². The van der Waals surface area contributed by atoms with E-state index in [1.165, 1.54) is 11.5 Å². The zero-order chi connectivity index (χ0) is 14.0. The molecule has 1 aromatic rings. The van der Waals surface area contributed by atoms with Crippen LogP contribution in [0.25, 0.3) is 0 Å². The van der Waals surface area contributed by atoms with Gasteiger partial charge in [0.2, 0.25) is 0 Å². The first-order chi connectivity index (χ1) is 8.91. The first-order valence-electron chi connectivity index (χ1n) is 6.80. The zero-order valence-corrected chi connectivity index (χ0v) is 13.8. The monoisotopic (exact) mass is 297 g/mol. The Hall–Kier alpha value is -0.420. The van der Waals surface area contributed by atoms with Gasteiger partial charge in [0.25, 0.3) is 0 Å². The normalized spacial score (nSPS) is 24.4. The fourth-order valence-corrected chi connectivity index (χ4v) is 5.13. The number of anilines is 1. The molecule has 5 heteroatoms. The Morgan fingerprint density at radius 1 is 1.26 bits per heavy atom. The Labute approximate surface area is 124 Å². The molecule has 0 aromatic carbocycles. The molecule has 1 aliphatic heterocycles. The van der Waals surface area contributed by atoms with Crippen LogP contribution in [0.3, 0.4) is 0 Å². The lowest BCUT2D eigenvalue weighted by atomic mass is 9.92. The minimum absolute atomic E-state index is 0.0139. The Morgan fingerprint density at radius 2 is 1.95 bits per heavy atom. The van der Waals surface area contributed by atoms with Gasteiger partial charge in [-0.1, -0.05) is 27.7 Å². The molecule has 1 saturated heterocycles. The quantitative estimate of drug-likeness (QED) is 0.903. The van der Waals surface area contributed by atoms with Crippen LogP contribution < -0.4 is 5.73 Å². The summed E-state index contributed by atoms with van der Waals surface area (Å²) in [5.41, 5.74) is 7.04. The number of thioether (sulfide) groups is 2. The smallest absolute Gasteiger partial charge is 0.145 e. The predicted octanol–water partition coefficient (Wildman–Crippen LogP) is 3.66. The van der Waals surface area contributed by atoms with Gasteiger partial charge in [0.15, 0.2) is 0 Å². The molecule has 1 fully saturated rings. The molecule has 2 heterocycles. The molecule has 106 valence electrons. The minimum atomic E-state index is 0.0139. The van der Waals surface area contributed by atoms with Crippen LogP contribution in [0.15, 0.2) is 6.07 Å². The van der Waals surface area contributed by atoms with E-state index >= 15 is 0 Å². The SMILES string of the molecule is CCC1SCCSC1c1nc(N)cc(C(C)(C)C)n1. The Bertz CT molecular complexity index is 443. The number of nitrogens with zero attached hydrogens (tertiary/aromatic N) is 2. The molecule has 0 spiro atoms. The highest BCUT2D eigenvalue weighted by atomic mass is 32.2. The van der Waals surface area contributed by atoms with Crippen LogP contribution in [0.1, 0.15) is 50.9 Å². The molecule has 19 heavy (non-hydrogen) atoms. The molecule has 2 N–H and O–H groups in total. The van der Waals surface area contributed by atoms with E-state index in [4.69, 9.17) is 10.7 Å². The van der Waals surface area contributed by atoms with Crippen molar-refractivity contribution in [2.75, 3.05) is 17.2 Å². The summed E-state index contributed by atoms with van der Waals surface area (Å²) in [6, 6.07) is 1.91. The van der Waals surface area contributed by atoms with Gasteiger partial charge in [-0.2, -0.15) is 11.8 Å². The van der Waals surface area contributed by atoms with E-state index in [1.54, 1.807) is 0 Å². The van der Waals surface area contributed by atoms with E-state index in [0.29, 0.717) is 16.3 Å². The molecule has 0 radical (unpaired) electrons. The van der Waals surface area contributed by atoms with E-state index in [9.17, 15) is 0 Å². The second-order valence-electron chi connectivity index (χ2n) is 5.90. The van der Waals surface area contributed by atoms with Crippen LogP contribution in [0, 0.1) is 0 Å². The Kier molecular flexibility index (Phi) is 4.66. The molecular formula is C14H23N3S2. The predicted molar refractivity (Wildman–Crippen MR) is 86.9 cm³/mol. The maximum Gasteiger partial charge on any atom is 0.145 e. The third kappa shape index (κ3) is 3.57. The van der Waals surface area contributed by atoms with Crippen LogP contribution >= 0.6 is 23.5 Å². The third-order valence-corrected chi connectivity index (χ3v) is 6.48.